The minimum Gasteiger partial charge on any atom is -0.352 e. The van der Waals surface area contributed by atoms with Gasteiger partial charge in [0.2, 0.25) is 0 Å². The molecular weight excluding hydrogens is 176 g/mol. The van der Waals surface area contributed by atoms with E-state index in [1.54, 1.807) is 0 Å². The molecule has 0 bridgehead atoms. The molecule has 0 unspecified atom stereocenters. The maximum Gasteiger partial charge on any atom is 0.309 e. The van der Waals surface area contributed by atoms with Gasteiger partial charge in [-0.25, -0.2) is 4.79 Å². The van der Waals surface area contributed by atoms with E-state index in [2.05, 4.69) is 24.6 Å². The fourth-order valence-corrected chi connectivity index (χ4v) is 0.931. The number of hydrogen-bond donors (Lipinski definition) is 2. The lowest BCUT2D eigenvalue weighted by Crippen LogP contribution is -2.18. The largest absolute Gasteiger partial charge is 0.352 e. The summed E-state index contributed by atoms with van der Waals surface area (Å²) in [6.45, 7) is 7.36. The first kappa shape index (κ1) is 15.2. The van der Waals surface area contributed by atoms with Crippen molar-refractivity contribution in [3.63, 3.8) is 0 Å². The van der Waals surface area contributed by atoms with Gasteiger partial charge in [-0.3, -0.25) is 0 Å². The summed E-state index contributed by atoms with van der Waals surface area (Å²) in [6, 6.07) is -0.833. The summed E-state index contributed by atoms with van der Waals surface area (Å²) >= 11 is 0. The van der Waals surface area contributed by atoms with Crippen LogP contribution in [0.2, 0.25) is 0 Å². The molecule has 3 heteroatoms. The van der Waals surface area contributed by atoms with Gasteiger partial charge in [0.25, 0.3) is 0 Å². The molecule has 0 aliphatic rings. The number of primary amides is 2. The fourth-order valence-electron chi connectivity index (χ4n) is 0.931. The number of carbonyl (C=O) groups is 1. The zero-order chi connectivity index (χ0) is 11.2. The van der Waals surface area contributed by atoms with E-state index in [4.69, 9.17) is 4.79 Å². The third kappa shape index (κ3) is 30.9. The quantitative estimate of drug-likeness (QED) is 0.479. The van der Waals surface area contributed by atoms with E-state index >= 15 is 0 Å². The van der Waals surface area contributed by atoms with Gasteiger partial charge < -0.3 is 11.5 Å². The summed E-state index contributed by atoms with van der Waals surface area (Å²) in [5.41, 5.74) is 8.50. The van der Waals surface area contributed by atoms with Crippen molar-refractivity contribution >= 4 is 6.03 Å². The van der Waals surface area contributed by atoms with Crippen molar-refractivity contribution in [3.05, 3.63) is 25.3 Å². The normalized spacial score (nSPS) is 8.29. The van der Waals surface area contributed by atoms with Gasteiger partial charge >= 0.3 is 6.03 Å². The van der Waals surface area contributed by atoms with Gasteiger partial charge in [-0.15, -0.1) is 13.2 Å². The minimum atomic E-state index is -0.833. The van der Waals surface area contributed by atoms with Crippen molar-refractivity contribution in [3.8, 4) is 0 Å². The van der Waals surface area contributed by atoms with Gasteiger partial charge in [0, 0.05) is 0 Å². The first-order valence-corrected chi connectivity index (χ1v) is 4.91. The summed E-state index contributed by atoms with van der Waals surface area (Å²) in [5, 5.41) is 0. The van der Waals surface area contributed by atoms with E-state index in [0.29, 0.717) is 0 Å². The monoisotopic (exact) mass is 198 g/mol. The molecule has 0 spiro atoms. The Hall–Kier alpha value is -1.25. The van der Waals surface area contributed by atoms with Crippen LogP contribution in [0.15, 0.2) is 25.3 Å². The van der Waals surface area contributed by atoms with E-state index in [1.807, 2.05) is 12.2 Å². The molecule has 0 rings (SSSR count). The minimum absolute atomic E-state index is 0.833. The predicted octanol–water partition coefficient (Wildman–Crippen LogP) is 2.72. The smallest absolute Gasteiger partial charge is 0.309 e. The van der Waals surface area contributed by atoms with Gasteiger partial charge in [-0.2, -0.15) is 0 Å². The molecule has 0 radical (unpaired) electrons. The van der Waals surface area contributed by atoms with E-state index in [0.717, 1.165) is 0 Å². The van der Waals surface area contributed by atoms with Gasteiger partial charge in [0.1, 0.15) is 0 Å². The summed E-state index contributed by atoms with van der Waals surface area (Å²) < 4.78 is 0. The summed E-state index contributed by atoms with van der Waals surface area (Å²) in [6.07, 6.45) is 11.6. The van der Waals surface area contributed by atoms with Crippen molar-refractivity contribution in [2.24, 2.45) is 11.5 Å². The second-order valence-electron chi connectivity index (χ2n) is 2.97. The van der Waals surface area contributed by atoms with E-state index in [1.165, 1.54) is 38.5 Å². The van der Waals surface area contributed by atoms with E-state index in [9.17, 15) is 0 Å². The Balaban J connectivity index is 0. The number of amides is 2. The van der Waals surface area contributed by atoms with Crippen molar-refractivity contribution in [1.29, 1.82) is 0 Å². The average Bonchev–Trinajstić information content (AvgIpc) is 2.10. The Labute approximate surface area is 86.9 Å². The molecule has 0 saturated heterocycles. The zero-order valence-electron chi connectivity index (χ0n) is 8.87. The molecule has 3 nitrogen and oxygen atoms in total. The number of hydrogen-bond acceptors (Lipinski definition) is 1. The van der Waals surface area contributed by atoms with E-state index in [-0.39, 0.29) is 0 Å². The fraction of sp³-hybridized carbons (Fsp3) is 0.545. The van der Waals surface area contributed by atoms with Crippen LogP contribution in [0.5, 0.6) is 0 Å². The third-order valence-electron chi connectivity index (χ3n) is 1.57. The van der Waals surface area contributed by atoms with Crippen LogP contribution in [-0.2, 0) is 0 Å². The number of nitrogens with two attached hydrogens (primary N) is 2. The number of unbranched alkanes of at least 4 members (excludes halogenated alkanes) is 5. The molecule has 4 N–H and O–H groups in total. The first-order valence-electron chi connectivity index (χ1n) is 4.91. The molecule has 0 saturated carbocycles. The molecule has 0 aliphatic heterocycles. The first-order chi connectivity index (χ1) is 6.65. The summed E-state index contributed by atoms with van der Waals surface area (Å²) in [7, 11) is 0. The number of carbonyl (C=O) groups excluding carboxylic acids is 1. The highest BCUT2D eigenvalue weighted by Crippen LogP contribution is 2.05. The summed E-state index contributed by atoms with van der Waals surface area (Å²) in [5.74, 6) is 0. The number of allylic oxidation sites excluding steroid dienone is 2. The van der Waals surface area contributed by atoms with Crippen LogP contribution in [-0.4, -0.2) is 6.03 Å². The van der Waals surface area contributed by atoms with Crippen molar-refractivity contribution < 1.29 is 4.79 Å². The van der Waals surface area contributed by atoms with E-state index < -0.39 is 6.03 Å². The molecule has 82 valence electrons. The van der Waals surface area contributed by atoms with Crippen LogP contribution >= 0.6 is 0 Å². The Morgan fingerprint density at radius 2 is 1.21 bits per heavy atom. The molecular formula is C11H22N2O. The van der Waals surface area contributed by atoms with Crippen molar-refractivity contribution in [2.75, 3.05) is 0 Å². The van der Waals surface area contributed by atoms with Gasteiger partial charge in [-0.1, -0.05) is 25.0 Å². The van der Waals surface area contributed by atoms with Crippen LogP contribution in [0.1, 0.15) is 38.5 Å². The molecule has 0 fully saturated rings. The highest BCUT2D eigenvalue weighted by molar-refractivity contribution is 5.69. The standard InChI is InChI=1S/C10H18.CH4N2O/c1-3-5-7-9-10-8-6-4-2;2-1(3)4/h3-4H,1-2,5-10H2;(H4,2,3,4). The Morgan fingerprint density at radius 3 is 1.43 bits per heavy atom. The molecule has 0 aliphatic carbocycles. The lowest BCUT2D eigenvalue weighted by Gasteiger charge is -1.95. The zero-order valence-corrected chi connectivity index (χ0v) is 8.87. The lowest BCUT2D eigenvalue weighted by molar-refractivity contribution is 0.256. The molecule has 0 aromatic heterocycles. The topological polar surface area (TPSA) is 69.1 Å². The Kier molecular flexibility index (Phi) is 15.5. The predicted molar refractivity (Wildman–Crippen MR) is 61.9 cm³/mol. The molecule has 0 heterocycles. The van der Waals surface area contributed by atoms with Gasteiger partial charge in [-0.05, 0) is 25.7 Å². The van der Waals surface area contributed by atoms with Crippen LogP contribution in [0.25, 0.3) is 0 Å². The molecule has 14 heavy (non-hydrogen) atoms. The summed E-state index contributed by atoms with van der Waals surface area (Å²) in [4.78, 5) is 9.00. The van der Waals surface area contributed by atoms with Crippen LogP contribution in [0.4, 0.5) is 4.79 Å². The SMILES string of the molecule is C=CCCCCCCC=C.NC(N)=O. The average molecular weight is 198 g/mol. The van der Waals surface area contributed by atoms with Crippen LogP contribution in [0.3, 0.4) is 0 Å². The number of urea groups is 1. The maximum atomic E-state index is 9.00. The lowest BCUT2D eigenvalue weighted by atomic mass is 10.1. The third-order valence-corrected chi connectivity index (χ3v) is 1.57. The molecule has 2 amide bonds. The second-order valence-corrected chi connectivity index (χ2v) is 2.97. The highest BCUT2D eigenvalue weighted by Gasteiger charge is 1.85. The highest BCUT2D eigenvalue weighted by atomic mass is 16.2. The Morgan fingerprint density at radius 1 is 0.929 bits per heavy atom. The molecule has 0 atom stereocenters. The second kappa shape index (κ2) is 14.3. The van der Waals surface area contributed by atoms with Crippen LogP contribution < -0.4 is 11.5 Å². The molecule has 0 aromatic rings. The molecule has 0 aromatic carbocycles. The number of rotatable bonds is 7. The van der Waals surface area contributed by atoms with Gasteiger partial charge in [0.05, 0.1) is 0 Å². The maximum absolute atomic E-state index is 9.00. The van der Waals surface area contributed by atoms with Gasteiger partial charge in [0.15, 0.2) is 0 Å². The van der Waals surface area contributed by atoms with Crippen molar-refractivity contribution in [1.82, 2.24) is 0 Å². The Bertz CT molecular complexity index is 139. The van der Waals surface area contributed by atoms with Crippen molar-refractivity contribution in [2.45, 2.75) is 38.5 Å². The van der Waals surface area contributed by atoms with Crippen LogP contribution in [0, 0.1) is 0 Å².